The Bertz CT molecular complexity index is 1510. The van der Waals surface area contributed by atoms with E-state index in [1.54, 1.807) is 0 Å². The Morgan fingerprint density at radius 3 is 1.73 bits per heavy atom. The molecule has 0 bridgehead atoms. The minimum absolute atomic E-state index is 1.25. The summed E-state index contributed by atoms with van der Waals surface area (Å²) in [6, 6.07) is 33.1. The van der Waals surface area contributed by atoms with Crippen LogP contribution in [0, 0.1) is 6.92 Å². The van der Waals surface area contributed by atoms with Crippen molar-refractivity contribution < 1.29 is 0 Å². The van der Waals surface area contributed by atoms with Crippen LogP contribution in [0.15, 0.2) is 103 Å². The highest BCUT2D eigenvalue weighted by molar-refractivity contribution is 6.15. The molecule has 0 saturated carbocycles. The second kappa shape index (κ2) is 8.92. The molecule has 0 spiro atoms. The van der Waals surface area contributed by atoms with E-state index in [0.717, 1.165) is 0 Å². The first-order valence-corrected chi connectivity index (χ1v) is 11.6. The molecule has 0 nitrogen and oxygen atoms in total. The van der Waals surface area contributed by atoms with Gasteiger partial charge in [-0.25, -0.2) is 0 Å². The molecule has 0 aliphatic heterocycles. The molecule has 0 heteroatoms. The molecule has 0 radical (unpaired) electrons. The first-order valence-electron chi connectivity index (χ1n) is 11.6. The summed E-state index contributed by atoms with van der Waals surface area (Å²) in [4.78, 5) is 0. The second-order valence-corrected chi connectivity index (χ2v) is 8.52. The minimum atomic E-state index is 1.25. The highest BCUT2D eigenvalue weighted by atomic mass is 14.2. The average Bonchev–Trinajstić information content (AvgIpc) is 2.85. The van der Waals surface area contributed by atoms with Gasteiger partial charge in [0.2, 0.25) is 0 Å². The van der Waals surface area contributed by atoms with Crippen molar-refractivity contribution in [3.8, 4) is 22.3 Å². The third-order valence-corrected chi connectivity index (χ3v) is 6.36. The highest BCUT2D eigenvalue weighted by Gasteiger charge is 2.19. The number of aryl methyl sites for hydroxylation is 1. The van der Waals surface area contributed by atoms with Gasteiger partial charge in [0.1, 0.15) is 0 Å². The van der Waals surface area contributed by atoms with E-state index in [2.05, 4.69) is 136 Å². The molecule has 5 rings (SSSR count). The van der Waals surface area contributed by atoms with Crippen LogP contribution in [0.2, 0.25) is 0 Å². The van der Waals surface area contributed by atoms with E-state index in [4.69, 9.17) is 0 Å². The third kappa shape index (κ3) is 3.68. The van der Waals surface area contributed by atoms with Gasteiger partial charge in [0.25, 0.3) is 0 Å². The Kier molecular flexibility index (Phi) is 5.67. The SMILES string of the molecule is C/C=C\c1c(/C=C\C)c(-c2cccc3ccccc23)c2ccccc2c1-c1ccc(C)cc1. The lowest BCUT2D eigenvalue weighted by molar-refractivity contribution is 1.47. The van der Waals surface area contributed by atoms with Crippen LogP contribution in [0.25, 0.3) is 56.0 Å². The van der Waals surface area contributed by atoms with Crippen LogP contribution >= 0.6 is 0 Å². The zero-order valence-corrected chi connectivity index (χ0v) is 19.5. The molecule has 0 N–H and O–H groups in total. The summed E-state index contributed by atoms with van der Waals surface area (Å²) in [6.45, 7) is 6.35. The fraction of sp³-hybridized carbons (Fsp3) is 0.0909. The van der Waals surface area contributed by atoms with Crippen molar-refractivity contribution >= 4 is 33.7 Å². The molecule has 5 aromatic carbocycles. The van der Waals surface area contributed by atoms with Crippen LogP contribution in [-0.4, -0.2) is 0 Å². The predicted octanol–water partition coefficient (Wildman–Crippen LogP) is 9.70. The summed E-state index contributed by atoms with van der Waals surface area (Å²) in [5.41, 5.74) is 8.92. The number of benzene rings is 5. The van der Waals surface area contributed by atoms with Gasteiger partial charge in [-0.2, -0.15) is 0 Å². The molecule has 0 aliphatic carbocycles. The molecule has 0 fully saturated rings. The average molecular weight is 425 g/mol. The number of fused-ring (bicyclic) bond motifs is 2. The van der Waals surface area contributed by atoms with Crippen molar-refractivity contribution in [1.82, 2.24) is 0 Å². The lowest BCUT2D eigenvalue weighted by Gasteiger charge is -2.21. The van der Waals surface area contributed by atoms with E-state index in [1.165, 1.54) is 60.5 Å². The number of hydrogen-bond donors (Lipinski definition) is 0. The van der Waals surface area contributed by atoms with Crippen molar-refractivity contribution in [2.45, 2.75) is 20.8 Å². The van der Waals surface area contributed by atoms with E-state index in [-0.39, 0.29) is 0 Å². The standard InChI is InChI=1S/C33H28/c1-4-11-27-28(12-5-2)33(29-18-10-14-24-13-6-7-15-26(24)29)31-17-9-8-16-30(31)32(27)25-21-19-23(3)20-22-25/h4-22H,1-3H3/b11-4-,12-5-. The maximum Gasteiger partial charge on any atom is -0.00203 e. The number of hydrogen-bond acceptors (Lipinski definition) is 0. The summed E-state index contributed by atoms with van der Waals surface area (Å²) in [6.07, 6.45) is 8.86. The molecule has 0 unspecified atom stereocenters. The van der Waals surface area contributed by atoms with Crippen molar-refractivity contribution in [3.05, 3.63) is 120 Å². The summed E-state index contributed by atoms with van der Waals surface area (Å²) in [5.74, 6) is 0. The lowest BCUT2D eigenvalue weighted by Crippen LogP contribution is -1.97. The predicted molar refractivity (Wildman–Crippen MR) is 146 cm³/mol. The maximum atomic E-state index is 2.27. The molecule has 0 aromatic heterocycles. The highest BCUT2D eigenvalue weighted by Crippen LogP contribution is 2.45. The van der Waals surface area contributed by atoms with Crippen LogP contribution in [0.3, 0.4) is 0 Å². The Morgan fingerprint density at radius 2 is 1.06 bits per heavy atom. The van der Waals surface area contributed by atoms with Gasteiger partial charge in [0.05, 0.1) is 0 Å². The topological polar surface area (TPSA) is 0 Å². The zero-order valence-electron chi connectivity index (χ0n) is 19.5. The minimum Gasteiger partial charge on any atom is -0.0870 e. The van der Waals surface area contributed by atoms with Gasteiger partial charge in [-0.05, 0) is 75.7 Å². The van der Waals surface area contributed by atoms with E-state index in [0.29, 0.717) is 0 Å². The van der Waals surface area contributed by atoms with Crippen molar-refractivity contribution in [2.75, 3.05) is 0 Å². The third-order valence-electron chi connectivity index (χ3n) is 6.36. The summed E-state index contributed by atoms with van der Waals surface area (Å²) in [7, 11) is 0. The van der Waals surface area contributed by atoms with Crippen molar-refractivity contribution in [3.63, 3.8) is 0 Å². The van der Waals surface area contributed by atoms with Crippen LogP contribution in [-0.2, 0) is 0 Å². The summed E-state index contributed by atoms with van der Waals surface area (Å²) in [5, 5.41) is 5.11. The summed E-state index contributed by atoms with van der Waals surface area (Å²) < 4.78 is 0. The van der Waals surface area contributed by atoms with Gasteiger partial charge in [-0.15, -0.1) is 0 Å². The Morgan fingerprint density at radius 1 is 0.515 bits per heavy atom. The van der Waals surface area contributed by atoms with E-state index in [1.807, 2.05) is 0 Å². The van der Waals surface area contributed by atoms with E-state index in [9.17, 15) is 0 Å². The lowest BCUT2D eigenvalue weighted by atomic mass is 9.82. The van der Waals surface area contributed by atoms with Gasteiger partial charge in [-0.1, -0.05) is 121 Å². The molecule has 160 valence electrons. The Balaban J connectivity index is 2.01. The summed E-state index contributed by atoms with van der Waals surface area (Å²) >= 11 is 0. The molecule has 33 heavy (non-hydrogen) atoms. The van der Waals surface area contributed by atoms with Crippen LogP contribution in [0.5, 0.6) is 0 Å². The largest absolute Gasteiger partial charge is 0.0870 e. The Hall–Kier alpha value is -3.90. The van der Waals surface area contributed by atoms with Crippen molar-refractivity contribution in [1.29, 1.82) is 0 Å². The van der Waals surface area contributed by atoms with Crippen LogP contribution < -0.4 is 0 Å². The fourth-order valence-electron chi connectivity index (χ4n) is 4.92. The van der Waals surface area contributed by atoms with Gasteiger partial charge >= 0.3 is 0 Å². The number of rotatable bonds is 4. The van der Waals surface area contributed by atoms with Gasteiger partial charge < -0.3 is 0 Å². The van der Waals surface area contributed by atoms with Crippen LogP contribution in [0.1, 0.15) is 30.5 Å². The Labute approximate surface area is 196 Å². The zero-order chi connectivity index (χ0) is 22.8. The molecule has 0 saturated heterocycles. The molecule has 5 aromatic rings. The van der Waals surface area contributed by atoms with Crippen molar-refractivity contribution in [2.24, 2.45) is 0 Å². The number of allylic oxidation sites excluding steroid dienone is 2. The molecule has 0 heterocycles. The maximum absolute atomic E-state index is 2.27. The first kappa shape index (κ1) is 21.0. The van der Waals surface area contributed by atoms with Crippen LogP contribution in [0.4, 0.5) is 0 Å². The van der Waals surface area contributed by atoms with Gasteiger partial charge in [0, 0.05) is 0 Å². The monoisotopic (exact) mass is 424 g/mol. The van der Waals surface area contributed by atoms with Gasteiger partial charge in [0.15, 0.2) is 0 Å². The second-order valence-electron chi connectivity index (χ2n) is 8.52. The molecule has 0 amide bonds. The van der Waals surface area contributed by atoms with E-state index >= 15 is 0 Å². The molecule has 0 atom stereocenters. The fourth-order valence-corrected chi connectivity index (χ4v) is 4.92. The molecular formula is C33H28. The molecule has 0 aliphatic rings. The van der Waals surface area contributed by atoms with E-state index < -0.39 is 0 Å². The molecular weight excluding hydrogens is 396 g/mol. The normalized spacial score (nSPS) is 11.8. The quantitative estimate of drug-likeness (QED) is 0.269. The van der Waals surface area contributed by atoms with Gasteiger partial charge in [-0.3, -0.25) is 0 Å². The smallest absolute Gasteiger partial charge is 0.00203 e. The first-order chi connectivity index (χ1) is 16.2.